The Balaban J connectivity index is 4.01. The normalized spacial score (nSPS) is 12.6. The Morgan fingerprint density at radius 3 is 2.25 bits per heavy atom. The predicted octanol–water partition coefficient (Wildman–Crippen LogP) is 3.28. The average molecular weight is 224 g/mol. The second-order valence-electron chi connectivity index (χ2n) is 5.19. The molecule has 0 aliphatic rings. The molecule has 1 unspecified atom stereocenters. The van der Waals surface area contributed by atoms with Crippen LogP contribution in [0.5, 0.6) is 0 Å². The Morgan fingerprint density at radius 2 is 1.81 bits per heavy atom. The molecule has 0 radical (unpaired) electrons. The van der Waals surface area contributed by atoms with Crippen molar-refractivity contribution in [1.82, 2.24) is 10.6 Å². The first kappa shape index (κ1) is 15.1. The van der Waals surface area contributed by atoms with E-state index in [-0.39, 0.29) is 0 Å². The van der Waals surface area contributed by atoms with E-state index >= 15 is 0 Å². The summed E-state index contributed by atoms with van der Waals surface area (Å²) in [6, 6.07) is 0.296. The second kappa shape index (κ2) is 8.26. The van der Waals surface area contributed by atoms with Crippen molar-refractivity contribution in [2.24, 2.45) is 11.8 Å². The lowest BCUT2D eigenvalue weighted by molar-refractivity contribution is 0.468. The number of rotatable bonds is 9. The maximum Gasteiger partial charge on any atom is 0.0650 e. The quantitative estimate of drug-likeness (QED) is 0.628. The van der Waals surface area contributed by atoms with E-state index in [0.717, 1.165) is 24.6 Å². The standard InChI is InChI=1S/C14H28N2/c1-7-15-14(10-12(4)5)13(6)16-9-8-11(2)3/h7,11-12,14-16H,1,6,8-10H2,2-5H3. The number of nitrogens with one attached hydrogen (secondary N) is 2. The largest absolute Gasteiger partial charge is 0.387 e. The van der Waals surface area contributed by atoms with Gasteiger partial charge in [-0.15, -0.1) is 0 Å². The fourth-order valence-corrected chi connectivity index (χ4v) is 1.57. The van der Waals surface area contributed by atoms with Crippen molar-refractivity contribution in [1.29, 1.82) is 0 Å². The fourth-order valence-electron chi connectivity index (χ4n) is 1.57. The summed E-state index contributed by atoms with van der Waals surface area (Å²) in [6.45, 7) is 17.7. The van der Waals surface area contributed by atoms with Crippen molar-refractivity contribution in [3.8, 4) is 0 Å². The lowest BCUT2D eigenvalue weighted by atomic mass is 10.0. The lowest BCUT2D eigenvalue weighted by Crippen LogP contribution is -2.34. The zero-order chi connectivity index (χ0) is 12.6. The Labute approximate surface area is 101 Å². The molecule has 0 aromatic rings. The van der Waals surface area contributed by atoms with Crippen LogP contribution < -0.4 is 10.6 Å². The maximum absolute atomic E-state index is 4.10. The van der Waals surface area contributed by atoms with Gasteiger partial charge in [0.25, 0.3) is 0 Å². The molecule has 0 aliphatic carbocycles. The molecule has 0 saturated carbocycles. The molecule has 1 atom stereocenters. The van der Waals surface area contributed by atoms with Crippen LogP contribution in [0.3, 0.4) is 0 Å². The predicted molar refractivity (Wildman–Crippen MR) is 73.2 cm³/mol. The third kappa shape index (κ3) is 7.38. The van der Waals surface area contributed by atoms with Crippen molar-refractivity contribution in [3.63, 3.8) is 0 Å². The summed E-state index contributed by atoms with van der Waals surface area (Å²) in [5, 5.41) is 6.65. The summed E-state index contributed by atoms with van der Waals surface area (Å²) >= 11 is 0. The van der Waals surface area contributed by atoms with Crippen molar-refractivity contribution < 1.29 is 0 Å². The fraction of sp³-hybridized carbons (Fsp3) is 0.714. The van der Waals surface area contributed by atoms with Crippen LogP contribution in [-0.4, -0.2) is 12.6 Å². The zero-order valence-electron chi connectivity index (χ0n) is 11.3. The zero-order valence-corrected chi connectivity index (χ0v) is 11.3. The first-order chi connectivity index (χ1) is 7.47. The van der Waals surface area contributed by atoms with Crippen LogP contribution in [0.25, 0.3) is 0 Å². The highest BCUT2D eigenvalue weighted by Crippen LogP contribution is 2.10. The monoisotopic (exact) mass is 224 g/mol. The third-order valence-electron chi connectivity index (χ3n) is 2.52. The van der Waals surface area contributed by atoms with Crippen LogP contribution in [0.1, 0.15) is 40.5 Å². The number of hydrogen-bond acceptors (Lipinski definition) is 2. The van der Waals surface area contributed by atoms with Gasteiger partial charge in [-0.05, 0) is 30.9 Å². The summed E-state index contributed by atoms with van der Waals surface area (Å²) in [5.74, 6) is 1.39. The van der Waals surface area contributed by atoms with Gasteiger partial charge in [0.1, 0.15) is 0 Å². The summed E-state index contributed by atoms with van der Waals surface area (Å²) in [5.41, 5.74) is 1.08. The van der Waals surface area contributed by atoms with Crippen LogP contribution in [0, 0.1) is 11.8 Å². The second-order valence-corrected chi connectivity index (χ2v) is 5.19. The SMILES string of the molecule is C=CNC(CC(C)C)C(=C)NCCC(C)C. The van der Waals surface area contributed by atoms with Gasteiger partial charge >= 0.3 is 0 Å². The van der Waals surface area contributed by atoms with Crippen LogP contribution in [0.4, 0.5) is 0 Å². The first-order valence-electron chi connectivity index (χ1n) is 6.27. The van der Waals surface area contributed by atoms with Crippen molar-refractivity contribution in [2.75, 3.05) is 6.54 Å². The molecule has 94 valence electrons. The van der Waals surface area contributed by atoms with E-state index in [9.17, 15) is 0 Å². The molecular weight excluding hydrogens is 196 g/mol. The minimum atomic E-state index is 0.296. The summed E-state index contributed by atoms with van der Waals surface area (Å²) in [7, 11) is 0. The van der Waals surface area contributed by atoms with Crippen LogP contribution in [0.2, 0.25) is 0 Å². The maximum atomic E-state index is 4.10. The van der Waals surface area contributed by atoms with E-state index in [0.29, 0.717) is 12.0 Å². The highest BCUT2D eigenvalue weighted by atomic mass is 15.0. The van der Waals surface area contributed by atoms with Gasteiger partial charge in [0.2, 0.25) is 0 Å². The lowest BCUT2D eigenvalue weighted by Gasteiger charge is -2.23. The van der Waals surface area contributed by atoms with E-state index in [2.05, 4.69) is 51.5 Å². The smallest absolute Gasteiger partial charge is 0.0650 e. The molecular formula is C14H28N2. The minimum Gasteiger partial charge on any atom is -0.387 e. The van der Waals surface area contributed by atoms with E-state index < -0.39 is 0 Å². The molecule has 0 spiro atoms. The molecule has 0 bridgehead atoms. The topological polar surface area (TPSA) is 24.1 Å². The molecule has 0 heterocycles. The molecule has 0 aromatic heterocycles. The van der Waals surface area contributed by atoms with Crippen LogP contribution in [-0.2, 0) is 0 Å². The van der Waals surface area contributed by atoms with Crippen LogP contribution in [0.15, 0.2) is 25.1 Å². The summed E-state index contributed by atoms with van der Waals surface area (Å²) in [6.07, 6.45) is 4.02. The Kier molecular flexibility index (Phi) is 7.78. The molecule has 16 heavy (non-hydrogen) atoms. The molecule has 2 N–H and O–H groups in total. The van der Waals surface area contributed by atoms with Gasteiger partial charge in [0.05, 0.1) is 6.04 Å². The van der Waals surface area contributed by atoms with E-state index in [1.165, 1.54) is 6.42 Å². The molecule has 0 rings (SSSR count). The molecule has 0 amide bonds. The Morgan fingerprint density at radius 1 is 1.19 bits per heavy atom. The Hall–Kier alpha value is -0.920. The van der Waals surface area contributed by atoms with Crippen molar-refractivity contribution >= 4 is 0 Å². The van der Waals surface area contributed by atoms with Gasteiger partial charge in [-0.1, -0.05) is 40.9 Å². The molecule has 2 nitrogen and oxygen atoms in total. The number of hydrogen-bond donors (Lipinski definition) is 2. The average Bonchev–Trinajstić information content (AvgIpc) is 2.15. The highest BCUT2D eigenvalue weighted by Gasteiger charge is 2.12. The van der Waals surface area contributed by atoms with Gasteiger partial charge in [-0.3, -0.25) is 0 Å². The van der Waals surface area contributed by atoms with Crippen molar-refractivity contribution in [2.45, 2.75) is 46.6 Å². The summed E-state index contributed by atoms with van der Waals surface area (Å²) in [4.78, 5) is 0. The minimum absolute atomic E-state index is 0.296. The molecule has 0 fully saturated rings. The van der Waals surface area contributed by atoms with Gasteiger partial charge in [0.15, 0.2) is 0 Å². The van der Waals surface area contributed by atoms with Crippen LogP contribution >= 0.6 is 0 Å². The van der Waals surface area contributed by atoms with E-state index in [4.69, 9.17) is 0 Å². The third-order valence-corrected chi connectivity index (χ3v) is 2.52. The van der Waals surface area contributed by atoms with Gasteiger partial charge < -0.3 is 10.6 Å². The van der Waals surface area contributed by atoms with Gasteiger partial charge in [-0.25, -0.2) is 0 Å². The molecule has 2 heteroatoms. The first-order valence-corrected chi connectivity index (χ1v) is 6.27. The van der Waals surface area contributed by atoms with Gasteiger partial charge in [-0.2, -0.15) is 0 Å². The molecule has 0 aliphatic heterocycles. The summed E-state index contributed by atoms with van der Waals surface area (Å²) < 4.78 is 0. The molecule has 0 saturated heterocycles. The van der Waals surface area contributed by atoms with Gasteiger partial charge in [0, 0.05) is 12.2 Å². The van der Waals surface area contributed by atoms with E-state index in [1.807, 2.05) is 0 Å². The van der Waals surface area contributed by atoms with E-state index in [1.54, 1.807) is 6.20 Å². The highest BCUT2D eigenvalue weighted by molar-refractivity contribution is 5.04. The molecule has 0 aromatic carbocycles. The van der Waals surface area contributed by atoms with Crippen molar-refractivity contribution in [3.05, 3.63) is 25.1 Å². The Bertz CT molecular complexity index is 207.